The first kappa shape index (κ1) is 9.92. The van der Waals surface area contributed by atoms with Crippen molar-refractivity contribution in [3.8, 4) is 0 Å². The lowest BCUT2D eigenvalue weighted by Crippen LogP contribution is -2.30. The Balaban J connectivity index is 0.000000180. The van der Waals surface area contributed by atoms with E-state index in [-0.39, 0.29) is 0 Å². The second-order valence-electron chi connectivity index (χ2n) is 3.09. The summed E-state index contributed by atoms with van der Waals surface area (Å²) in [6, 6.07) is 0. The lowest BCUT2D eigenvalue weighted by Gasteiger charge is -2.10. The molecular weight excluding hydrogens is 126 g/mol. The summed E-state index contributed by atoms with van der Waals surface area (Å²) >= 11 is 0. The molecule has 1 N–H and O–H groups in total. The van der Waals surface area contributed by atoms with E-state index in [4.69, 9.17) is 4.74 Å². The average Bonchev–Trinajstić information content (AvgIpc) is 1.90. The monoisotopic (exact) mass is 145 g/mol. The Morgan fingerprint density at radius 3 is 1.60 bits per heavy atom. The van der Waals surface area contributed by atoms with Gasteiger partial charge in [-0.05, 0) is 5.92 Å². The Labute approximate surface area is 64.0 Å². The summed E-state index contributed by atoms with van der Waals surface area (Å²) in [5, 5.41) is 3.16. The summed E-state index contributed by atoms with van der Waals surface area (Å²) in [5.74, 6) is 0.833. The van der Waals surface area contributed by atoms with Gasteiger partial charge in [-0.1, -0.05) is 20.8 Å². The first-order valence-electron chi connectivity index (χ1n) is 4.02. The van der Waals surface area contributed by atoms with Crippen LogP contribution in [0.4, 0.5) is 0 Å². The Bertz CT molecular complexity index is 46.0. The third-order valence-corrected chi connectivity index (χ3v) is 0.846. The van der Waals surface area contributed by atoms with Crippen LogP contribution in [0.2, 0.25) is 0 Å². The van der Waals surface area contributed by atoms with Crippen molar-refractivity contribution >= 4 is 0 Å². The van der Waals surface area contributed by atoms with Gasteiger partial charge in [-0.15, -0.1) is 0 Å². The lowest BCUT2D eigenvalue weighted by molar-refractivity contribution is 0.109. The molecule has 0 spiro atoms. The van der Waals surface area contributed by atoms with Crippen molar-refractivity contribution in [2.24, 2.45) is 5.92 Å². The molecule has 1 saturated heterocycles. The molecule has 0 amide bonds. The average molecular weight is 145 g/mol. The highest BCUT2D eigenvalue weighted by molar-refractivity contribution is 4.49. The molecule has 1 aliphatic rings. The zero-order valence-corrected chi connectivity index (χ0v) is 7.31. The predicted octanol–water partition coefficient (Wildman–Crippen LogP) is 1.27. The molecule has 0 aromatic rings. The third kappa shape index (κ3) is 10.8. The number of hydrogen-bond acceptors (Lipinski definition) is 2. The van der Waals surface area contributed by atoms with E-state index in [1.54, 1.807) is 0 Å². The van der Waals surface area contributed by atoms with E-state index < -0.39 is 0 Å². The molecule has 10 heavy (non-hydrogen) atoms. The summed E-state index contributed by atoms with van der Waals surface area (Å²) in [4.78, 5) is 0. The molecule has 0 aliphatic carbocycles. The Morgan fingerprint density at radius 1 is 1.10 bits per heavy atom. The second-order valence-corrected chi connectivity index (χ2v) is 3.09. The topological polar surface area (TPSA) is 21.3 Å². The normalized spacial score (nSPS) is 18.0. The van der Waals surface area contributed by atoms with Crippen LogP contribution in [0.25, 0.3) is 0 Å². The molecule has 0 aromatic carbocycles. The van der Waals surface area contributed by atoms with Crippen molar-refractivity contribution in [3.05, 3.63) is 0 Å². The van der Waals surface area contributed by atoms with Crippen LogP contribution < -0.4 is 5.32 Å². The molecule has 62 valence electrons. The van der Waals surface area contributed by atoms with E-state index in [1.165, 1.54) is 0 Å². The molecule has 0 unspecified atom stereocenters. The van der Waals surface area contributed by atoms with Crippen LogP contribution in [-0.2, 0) is 4.74 Å². The van der Waals surface area contributed by atoms with Gasteiger partial charge in [0.25, 0.3) is 0 Å². The van der Waals surface area contributed by atoms with Crippen LogP contribution in [0.1, 0.15) is 20.8 Å². The summed E-state index contributed by atoms with van der Waals surface area (Å²) in [7, 11) is 0. The number of rotatable bonds is 0. The summed E-state index contributed by atoms with van der Waals surface area (Å²) in [6.45, 7) is 10.3. The Hall–Kier alpha value is -0.0800. The van der Waals surface area contributed by atoms with E-state index in [2.05, 4.69) is 26.1 Å². The minimum Gasteiger partial charge on any atom is -0.379 e. The van der Waals surface area contributed by atoms with E-state index in [0.717, 1.165) is 32.2 Å². The zero-order valence-electron chi connectivity index (χ0n) is 7.31. The predicted molar refractivity (Wildman–Crippen MR) is 44.2 cm³/mol. The molecule has 0 saturated carbocycles. The fraction of sp³-hybridized carbons (Fsp3) is 1.00. The number of nitrogens with one attached hydrogen (secondary N) is 1. The van der Waals surface area contributed by atoms with Gasteiger partial charge in [0.1, 0.15) is 0 Å². The van der Waals surface area contributed by atoms with Crippen molar-refractivity contribution in [2.75, 3.05) is 26.3 Å². The number of morpholine rings is 1. The Morgan fingerprint density at radius 2 is 1.50 bits per heavy atom. The van der Waals surface area contributed by atoms with Crippen LogP contribution in [0.5, 0.6) is 0 Å². The molecule has 0 bridgehead atoms. The highest BCUT2D eigenvalue weighted by atomic mass is 16.5. The quantitative estimate of drug-likeness (QED) is 0.554. The fourth-order valence-corrected chi connectivity index (χ4v) is 0.516. The molecule has 1 fully saturated rings. The van der Waals surface area contributed by atoms with Crippen molar-refractivity contribution in [1.29, 1.82) is 0 Å². The van der Waals surface area contributed by atoms with Gasteiger partial charge in [0, 0.05) is 13.1 Å². The summed E-state index contributed by atoms with van der Waals surface area (Å²) in [6.07, 6.45) is 0. The Kier molecular flexibility index (Phi) is 6.98. The molecule has 2 nitrogen and oxygen atoms in total. The number of hydrogen-bond donors (Lipinski definition) is 1. The van der Waals surface area contributed by atoms with Gasteiger partial charge in [0.05, 0.1) is 13.2 Å². The van der Waals surface area contributed by atoms with Gasteiger partial charge in [-0.25, -0.2) is 0 Å². The molecule has 1 rings (SSSR count). The first-order valence-corrected chi connectivity index (χ1v) is 4.02. The van der Waals surface area contributed by atoms with Gasteiger partial charge >= 0.3 is 0 Å². The SMILES string of the molecule is C1COCCN1.CC(C)C. The van der Waals surface area contributed by atoms with Crippen molar-refractivity contribution in [3.63, 3.8) is 0 Å². The minimum atomic E-state index is 0.833. The standard InChI is InChI=1S/C4H9NO.C4H10/c1-3-6-4-2-5-1;1-4(2)3/h5H,1-4H2;4H,1-3H3. The maximum Gasteiger partial charge on any atom is 0.0591 e. The van der Waals surface area contributed by atoms with Gasteiger partial charge < -0.3 is 10.1 Å². The smallest absolute Gasteiger partial charge is 0.0591 e. The largest absolute Gasteiger partial charge is 0.379 e. The molecule has 0 atom stereocenters. The third-order valence-electron chi connectivity index (χ3n) is 0.846. The van der Waals surface area contributed by atoms with Crippen LogP contribution in [0, 0.1) is 5.92 Å². The van der Waals surface area contributed by atoms with Crippen molar-refractivity contribution < 1.29 is 4.74 Å². The maximum atomic E-state index is 5.01. The fourth-order valence-electron chi connectivity index (χ4n) is 0.516. The van der Waals surface area contributed by atoms with Gasteiger partial charge in [-0.2, -0.15) is 0 Å². The van der Waals surface area contributed by atoms with Crippen LogP contribution in [0.15, 0.2) is 0 Å². The highest BCUT2D eigenvalue weighted by Crippen LogP contribution is 1.81. The molecule has 1 aliphatic heterocycles. The highest BCUT2D eigenvalue weighted by Gasteiger charge is 1.92. The molecule has 2 heteroatoms. The van der Waals surface area contributed by atoms with E-state index in [9.17, 15) is 0 Å². The second kappa shape index (κ2) is 7.03. The molecule has 1 heterocycles. The number of ether oxygens (including phenoxy) is 1. The van der Waals surface area contributed by atoms with Crippen LogP contribution in [-0.4, -0.2) is 26.3 Å². The molecule has 0 aromatic heterocycles. The first-order chi connectivity index (χ1) is 4.73. The van der Waals surface area contributed by atoms with E-state index in [0.29, 0.717) is 0 Å². The van der Waals surface area contributed by atoms with Crippen LogP contribution >= 0.6 is 0 Å². The van der Waals surface area contributed by atoms with Gasteiger partial charge in [-0.3, -0.25) is 0 Å². The minimum absolute atomic E-state index is 0.833. The van der Waals surface area contributed by atoms with Crippen molar-refractivity contribution in [1.82, 2.24) is 5.32 Å². The van der Waals surface area contributed by atoms with Gasteiger partial charge in [0.15, 0.2) is 0 Å². The van der Waals surface area contributed by atoms with Gasteiger partial charge in [0.2, 0.25) is 0 Å². The summed E-state index contributed by atoms with van der Waals surface area (Å²) in [5.41, 5.74) is 0. The molecular formula is C8H19NO. The van der Waals surface area contributed by atoms with E-state index in [1.807, 2.05) is 0 Å². The van der Waals surface area contributed by atoms with E-state index >= 15 is 0 Å². The summed E-state index contributed by atoms with van der Waals surface area (Å²) < 4.78 is 5.01. The zero-order chi connectivity index (χ0) is 7.82. The van der Waals surface area contributed by atoms with Crippen molar-refractivity contribution in [2.45, 2.75) is 20.8 Å². The molecule has 0 radical (unpaired) electrons. The van der Waals surface area contributed by atoms with Crippen LogP contribution in [0.3, 0.4) is 0 Å². The maximum absolute atomic E-state index is 5.01. The lowest BCUT2D eigenvalue weighted by atomic mass is 10.3.